The highest BCUT2D eigenvalue weighted by Gasteiger charge is 2.27. The van der Waals surface area contributed by atoms with Crippen LogP contribution in [0.2, 0.25) is 0 Å². The van der Waals surface area contributed by atoms with Crippen LogP contribution < -0.4 is 0 Å². The topological polar surface area (TPSA) is 58.2 Å². The van der Waals surface area contributed by atoms with Crippen LogP contribution >= 0.6 is 0 Å². The molecule has 0 amide bonds. The Kier molecular flexibility index (Phi) is 4.76. The van der Waals surface area contributed by atoms with Gasteiger partial charge in [0.05, 0.1) is 6.61 Å². The Balaban J connectivity index is 1.78. The van der Waals surface area contributed by atoms with Gasteiger partial charge in [-0.3, -0.25) is 9.69 Å². The number of carbonyl (C=O) groups is 1. The first-order chi connectivity index (χ1) is 11.2. The SMILES string of the molecule is CCOC(=O)[C@H](CC)N1CC=C(c2ccnc3[nH]ccc23)CC1. The standard InChI is InChI=1S/C18H23N3O2/c1-3-16(18(22)23-4-2)21-11-7-13(8-12-21)14-5-9-19-17-15(14)6-10-20-17/h5-7,9-10,16H,3-4,8,11-12H2,1-2H3,(H,19,20)/t16-/m0/s1. The van der Waals surface area contributed by atoms with Crippen LogP contribution in [0.1, 0.15) is 32.3 Å². The third-order valence-corrected chi connectivity index (χ3v) is 4.43. The number of nitrogens with zero attached hydrogens (tertiary/aromatic N) is 2. The smallest absolute Gasteiger partial charge is 0.323 e. The van der Waals surface area contributed by atoms with Gasteiger partial charge in [0.2, 0.25) is 0 Å². The second-order valence-electron chi connectivity index (χ2n) is 5.75. The van der Waals surface area contributed by atoms with Gasteiger partial charge in [0, 0.05) is 30.9 Å². The van der Waals surface area contributed by atoms with E-state index in [0.29, 0.717) is 6.61 Å². The van der Waals surface area contributed by atoms with E-state index in [9.17, 15) is 4.79 Å². The number of hydrogen-bond acceptors (Lipinski definition) is 4. The highest BCUT2D eigenvalue weighted by atomic mass is 16.5. The highest BCUT2D eigenvalue weighted by Crippen LogP contribution is 2.28. The highest BCUT2D eigenvalue weighted by molar-refractivity contribution is 5.90. The number of H-pyrrole nitrogens is 1. The fourth-order valence-electron chi connectivity index (χ4n) is 3.27. The van der Waals surface area contributed by atoms with Crippen molar-refractivity contribution >= 4 is 22.6 Å². The van der Waals surface area contributed by atoms with Crippen LogP contribution in [0.4, 0.5) is 0 Å². The van der Waals surface area contributed by atoms with E-state index in [2.05, 4.69) is 33.1 Å². The molecule has 3 rings (SSSR count). The fourth-order valence-corrected chi connectivity index (χ4v) is 3.27. The maximum absolute atomic E-state index is 12.1. The van der Waals surface area contributed by atoms with Crippen LogP contribution in [-0.4, -0.2) is 46.6 Å². The summed E-state index contributed by atoms with van der Waals surface area (Å²) in [6.07, 6.45) is 7.70. The summed E-state index contributed by atoms with van der Waals surface area (Å²) in [5.74, 6) is -0.108. The van der Waals surface area contributed by atoms with Crippen molar-refractivity contribution in [3.05, 3.63) is 36.2 Å². The van der Waals surface area contributed by atoms with Crippen molar-refractivity contribution in [2.24, 2.45) is 0 Å². The molecular formula is C18H23N3O2. The van der Waals surface area contributed by atoms with Crippen LogP contribution in [0, 0.1) is 0 Å². The minimum atomic E-state index is -0.141. The van der Waals surface area contributed by atoms with E-state index in [4.69, 9.17) is 4.74 Å². The minimum absolute atomic E-state index is 0.108. The van der Waals surface area contributed by atoms with Crippen molar-refractivity contribution in [1.82, 2.24) is 14.9 Å². The van der Waals surface area contributed by atoms with Crippen molar-refractivity contribution in [2.75, 3.05) is 19.7 Å². The Bertz CT molecular complexity index is 720. The average Bonchev–Trinajstić information content (AvgIpc) is 3.05. The van der Waals surface area contributed by atoms with Crippen LogP contribution in [0.3, 0.4) is 0 Å². The molecular weight excluding hydrogens is 290 g/mol. The summed E-state index contributed by atoms with van der Waals surface area (Å²) < 4.78 is 5.19. The average molecular weight is 313 g/mol. The number of carbonyl (C=O) groups excluding carboxylic acids is 1. The van der Waals surface area contributed by atoms with Crippen LogP contribution in [0.5, 0.6) is 0 Å². The molecule has 0 aromatic carbocycles. The Morgan fingerprint density at radius 2 is 2.30 bits per heavy atom. The Hall–Kier alpha value is -2.14. The van der Waals surface area contributed by atoms with Crippen LogP contribution in [-0.2, 0) is 9.53 Å². The predicted molar refractivity (Wildman–Crippen MR) is 91.0 cm³/mol. The molecule has 1 N–H and O–H groups in total. The van der Waals surface area contributed by atoms with Crippen LogP contribution in [0.15, 0.2) is 30.6 Å². The molecule has 2 aromatic heterocycles. The maximum atomic E-state index is 12.1. The number of esters is 1. The summed E-state index contributed by atoms with van der Waals surface area (Å²) in [7, 11) is 0. The minimum Gasteiger partial charge on any atom is -0.465 e. The lowest BCUT2D eigenvalue weighted by Crippen LogP contribution is -2.43. The van der Waals surface area contributed by atoms with Crippen molar-refractivity contribution in [3.8, 4) is 0 Å². The number of aromatic nitrogens is 2. The first-order valence-electron chi connectivity index (χ1n) is 8.26. The molecule has 1 aliphatic heterocycles. The number of hydrogen-bond donors (Lipinski definition) is 1. The Morgan fingerprint density at radius 3 is 3.00 bits per heavy atom. The number of pyridine rings is 1. The fraction of sp³-hybridized carbons (Fsp3) is 0.444. The predicted octanol–water partition coefficient (Wildman–Crippen LogP) is 2.99. The zero-order valence-corrected chi connectivity index (χ0v) is 13.7. The maximum Gasteiger partial charge on any atom is 0.323 e. The molecule has 122 valence electrons. The molecule has 0 fully saturated rings. The molecule has 3 heterocycles. The first kappa shape index (κ1) is 15.7. The van der Waals surface area contributed by atoms with Crippen LogP contribution in [0.25, 0.3) is 16.6 Å². The number of aromatic amines is 1. The quantitative estimate of drug-likeness (QED) is 0.862. The van der Waals surface area contributed by atoms with Gasteiger partial charge in [-0.1, -0.05) is 13.0 Å². The van der Waals surface area contributed by atoms with E-state index in [1.807, 2.05) is 26.2 Å². The third-order valence-electron chi connectivity index (χ3n) is 4.43. The van der Waals surface area contributed by atoms with Crippen molar-refractivity contribution in [2.45, 2.75) is 32.7 Å². The summed E-state index contributed by atoms with van der Waals surface area (Å²) in [4.78, 5) is 21.8. The van der Waals surface area contributed by atoms with Crippen molar-refractivity contribution in [3.63, 3.8) is 0 Å². The normalized spacial score (nSPS) is 17.0. The lowest BCUT2D eigenvalue weighted by atomic mass is 9.97. The van der Waals surface area contributed by atoms with Gasteiger partial charge < -0.3 is 9.72 Å². The molecule has 5 heteroatoms. The second kappa shape index (κ2) is 6.96. The number of fused-ring (bicyclic) bond motifs is 1. The van der Waals surface area contributed by atoms with E-state index in [-0.39, 0.29) is 12.0 Å². The molecule has 0 saturated carbocycles. The van der Waals surface area contributed by atoms with Gasteiger partial charge in [0.25, 0.3) is 0 Å². The summed E-state index contributed by atoms with van der Waals surface area (Å²) in [6, 6.07) is 4.00. The lowest BCUT2D eigenvalue weighted by molar-refractivity contribution is -0.149. The van der Waals surface area contributed by atoms with Gasteiger partial charge in [0.1, 0.15) is 11.7 Å². The monoisotopic (exact) mass is 313 g/mol. The molecule has 0 radical (unpaired) electrons. The molecule has 1 aliphatic rings. The molecule has 1 atom stereocenters. The Morgan fingerprint density at radius 1 is 1.43 bits per heavy atom. The van der Waals surface area contributed by atoms with E-state index in [0.717, 1.165) is 37.0 Å². The Labute approximate surface area is 136 Å². The molecule has 5 nitrogen and oxygen atoms in total. The zero-order valence-electron chi connectivity index (χ0n) is 13.7. The molecule has 0 spiro atoms. The van der Waals surface area contributed by atoms with E-state index in [1.165, 1.54) is 11.1 Å². The van der Waals surface area contributed by atoms with Crippen molar-refractivity contribution in [1.29, 1.82) is 0 Å². The van der Waals surface area contributed by atoms with Gasteiger partial charge >= 0.3 is 5.97 Å². The van der Waals surface area contributed by atoms with Gasteiger partial charge in [-0.15, -0.1) is 0 Å². The zero-order chi connectivity index (χ0) is 16.2. The van der Waals surface area contributed by atoms with E-state index in [1.54, 1.807) is 0 Å². The number of ether oxygens (including phenoxy) is 1. The molecule has 0 unspecified atom stereocenters. The van der Waals surface area contributed by atoms with Gasteiger partial charge in [-0.25, -0.2) is 4.98 Å². The van der Waals surface area contributed by atoms with E-state index >= 15 is 0 Å². The lowest BCUT2D eigenvalue weighted by Gasteiger charge is -2.32. The molecule has 23 heavy (non-hydrogen) atoms. The summed E-state index contributed by atoms with van der Waals surface area (Å²) in [5, 5.41) is 1.16. The summed E-state index contributed by atoms with van der Waals surface area (Å²) >= 11 is 0. The van der Waals surface area contributed by atoms with E-state index < -0.39 is 0 Å². The first-order valence-corrected chi connectivity index (χ1v) is 8.26. The molecule has 0 aliphatic carbocycles. The number of rotatable bonds is 5. The molecule has 0 bridgehead atoms. The second-order valence-corrected chi connectivity index (χ2v) is 5.75. The summed E-state index contributed by atoms with van der Waals surface area (Å²) in [5.41, 5.74) is 3.48. The number of nitrogens with one attached hydrogen (secondary N) is 1. The van der Waals surface area contributed by atoms with Gasteiger partial charge in [-0.2, -0.15) is 0 Å². The third kappa shape index (κ3) is 3.15. The van der Waals surface area contributed by atoms with Crippen molar-refractivity contribution < 1.29 is 9.53 Å². The summed E-state index contributed by atoms with van der Waals surface area (Å²) in [6.45, 7) is 5.97. The molecule has 2 aromatic rings. The van der Waals surface area contributed by atoms with Gasteiger partial charge in [0.15, 0.2) is 0 Å². The van der Waals surface area contributed by atoms with Gasteiger partial charge in [-0.05, 0) is 43.0 Å². The molecule has 0 saturated heterocycles. The largest absolute Gasteiger partial charge is 0.465 e.